The lowest BCUT2D eigenvalue weighted by molar-refractivity contribution is -0.255. The molecule has 1 heterocycles. The van der Waals surface area contributed by atoms with Crippen LogP contribution in [0.25, 0.3) is 0 Å². The van der Waals surface area contributed by atoms with Crippen molar-refractivity contribution in [3.63, 3.8) is 0 Å². The van der Waals surface area contributed by atoms with Crippen molar-refractivity contribution in [2.24, 2.45) is 0 Å². The number of ether oxygens (including phenoxy) is 1. The van der Waals surface area contributed by atoms with Crippen molar-refractivity contribution in [1.82, 2.24) is 0 Å². The highest BCUT2D eigenvalue weighted by atomic mass is 35.5. The molecule has 5 atom stereocenters. The first-order valence-corrected chi connectivity index (χ1v) is 6.23. The van der Waals surface area contributed by atoms with Crippen LogP contribution in [-0.2, 0) is 4.74 Å². The first-order chi connectivity index (χ1) is 9.02. The minimum atomic E-state index is -1.47. The number of hydrogen-bond donors (Lipinski definition) is 5. The van der Waals surface area contributed by atoms with Crippen molar-refractivity contribution in [2.45, 2.75) is 30.6 Å². The van der Waals surface area contributed by atoms with Crippen molar-refractivity contribution in [1.29, 1.82) is 0 Å². The second-order valence-electron chi connectivity index (χ2n) is 4.41. The van der Waals surface area contributed by atoms with Gasteiger partial charge in [0.2, 0.25) is 0 Å². The minimum Gasteiger partial charge on any atom is -0.394 e. The maximum absolute atomic E-state index is 10.00. The van der Waals surface area contributed by atoms with Crippen LogP contribution in [0.5, 0.6) is 0 Å². The third-order valence-corrected chi connectivity index (χ3v) is 3.30. The summed E-state index contributed by atoms with van der Waals surface area (Å²) in [6, 6.07) is 5.86. The van der Waals surface area contributed by atoms with Gasteiger partial charge in [0, 0.05) is 10.7 Å². The monoisotopic (exact) mass is 289 g/mol. The lowest BCUT2D eigenvalue weighted by Gasteiger charge is -2.40. The highest BCUT2D eigenvalue weighted by Crippen LogP contribution is 2.24. The number of aliphatic hydroxyl groups excluding tert-OH is 4. The molecule has 1 aromatic rings. The molecule has 0 spiro atoms. The van der Waals surface area contributed by atoms with Gasteiger partial charge in [-0.25, -0.2) is 0 Å². The van der Waals surface area contributed by atoms with Crippen LogP contribution in [0.3, 0.4) is 0 Å². The zero-order chi connectivity index (χ0) is 14.0. The van der Waals surface area contributed by atoms with E-state index in [2.05, 4.69) is 5.32 Å². The predicted molar refractivity (Wildman–Crippen MR) is 68.8 cm³/mol. The lowest BCUT2D eigenvalue weighted by atomic mass is 9.96. The molecule has 0 amide bonds. The summed E-state index contributed by atoms with van der Waals surface area (Å²) < 4.78 is 4.89. The van der Waals surface area contributed by atoms with Gasteiger partial charge in [0.1, 0.15) is 18.3 Å². The van der Waals surface area contributed by atoms with Crippen molar-refractivity contribution < 1.29 is 25.2 Å². The van der Waals surface area contributed by atoms with E-state index in [0.29, 0.717) is 10.7 Å². The van der Waals surface area contributed by atoms with Gasteiger partial charge in [-0.3, -0.25) is 0 Å². The van der Waals surface area contributed by atoms with Gasteiger partial charge in [-0.2, -0.15) is 0 Å². The summed E-state index contributed by atoms with van der Waals surface area (Å²) in [4.78, 5) is 0. The molecule has 106 valence electrons. The Morgan fingerprint density at radius 3 is 2.58 bits per heavy atom. The second-order valence-corrected chi connectivity index (χ2v) is 4.85. The minimum absolute atomic E-state index is 0.460. The van der Waals surface area contributed by atoms with Gasteiger partial charge in [-0.1, -0.05) is 17.7 Å². The topological polar surface area (TPSA) is 102 Å². The summed E-state index contributed by atoms with van der Waals surface area (Å²) in [5, 5.41) is 41.8. The quantitative estimate of drug-likeness (QED) is 0.517. The molecule has 0 bridgehead atoms. The van der Waals surface area contributed by atoms with Gasteiger partial charge >= 0.3 is 0 Å². The standard InChI is InChI=1S/C12H16ClNO5/c13-6-2-1-3-7(4-6)14-9-10(16)8(5-15)19-12(18)11(9)17/h1-4,8-12,14-18H,5H2/t8-,9-,10+,11-,12-/m1/s1. The Morgan fingerprint density at radius 1 is 1.21 bits per heavy atom. The van der Waals surface area contributed by atoms with Crippen molar-refractivity contribution in [3.05, 3.63) is 29.3 Å². The lowest BCUT2D eigenvalue weighted by Crippen LogP contribution is -2.61. The maximum atomic E-state index is 10.00. The third kappa shape index (κ3) is 3.17. The summed E-state index contributed by atoms with van der Waals surface area (Å²) in [6.07, 6.45) is -4.92. The summed E-state index contributed by atoms with van der Waals surface area (Å²) in [5.41, 5.74) is 0.585. The van der Waals surface area contributed by atoms with Crippen LogP contribution in [0.2, 0.25) is 5.02 Å². The number of rotatable bonds is 3. The Labute approximate surface area is 115 Å². The van der Waals surface area contributed by atoms with Crippen LogP contribution in [0.15, 0.2) is 24.3 Å². The third-order valence-electron chi connectivity index (χ3n) is 3.06. The number of anilines is 1. The Balaban J connectivity index is 2.16. The van der Waals surface area contributed by atoms with Gasteiger partial charge in [-0.05, 0) is 18.2 Å². The number of halogens is 1. The van der Waals surface area contributed by atoms with Gasteiger partial charge in [0.05, 0.1) is 12.6 Å². The fourth-order valence-electron chi connectivity index (χ4n) is 2.04. The van der Waals surface area contributed by atoms with Crippen molar-refractivity contribution >= 4 is 17.3 Å². The molecule has 5 N–H and O–H groups in total. The Hall–Kier alpha value is -0.890. The predicted octanol–water partition coefficient (Wildman–Crippen LogP) is -0.448. The molecule has 1 fully saturated rings. The summed E-state index contributed by atoms with van der Waals surface area (Å²) in [7, 11) is 0. The first kappa shape index (κ1) is 14.5. The van der Waals surface area contributed by atoms with Crippen LogP contribution in [-0.4, -0.2) is 57.7 Å². The molecule has 0 saturated carbocycles. The normalized spacial score (nSPS) is 35.1. The number of benzene rings is 1. The maximum Gasteiger partial charge on any atom is 0.183 e. The van der Waals surface area contributed by atoms with E-state index in [0.717, 1.165) is 0 Å². The van der Waals surface area contributed by atoms with E-state index in [9.17, 15) is 15.3 Å². The first-order valence-electron chi connectivity index (χ1n) is 5.85. The van der Waals surface area contributed by atoms with E-state index in [1.54, 1.807) is 24.3 Å². The highest BCUT2D eigenvalue weighted by molar-refractivity contribution is 6.30. The fraction of sp³-hybridized carbons (Fsp3) is 0.500. The largest absolute Gasteiger partial charge is 0.394 e. The van der Waals surface area contributed by atoms with Gasteiger partial charge in [0.15, 0.2) is 6.29 Å². The number of nitrogens with one attached hydrogen (secondary N) is 1. The van der Waals surface area contributed by atoms with Crippen LogP contribution < -0.4 is 5.32 Å². The van der Waals surface area contributed by atoms with Gasteiger partial charge < -0.3 is 30.5 Å². The van der Waals surface area contributed by atoms with Crippen molar-refractivity contribution in [3.8, 4) is 0 Å². The van der Waals surface area contributed by atoms with Crippen LogP contribution in [0.4, 0.5) is 5.69 Å². The van der Waals surface area contributed by atoms with Crippen molar-refractivity contribution in [2.75, 3.05) is 11.9 Å². The van der Waals surface area contributed by atoms with E-state index in [1.807, 2.05) is 0 Å². The fourth-order valence-corrected chi connectivity index (χ4v) is 2.23. The molecule has 2 rings (SSSR count). The number of aliphatic hydroxyl groups is 4. The second kappa shape index (κ2) is 6.04. The molecular weight excluding hydrogens is 274 g/mol. The molecule has 19 heavy (non-hydrogen) atoms. The Bertz CT molecular complexity index is 432. The van der Waals surface area contributed by atoms with Crippen LogP contribution >= 0.6 is 11.6 Å². The molecule has 0 radical (unpaired) electrons. The van der Waals surface area contributed by atoms with E-state index < -0.39 is 37.3 Å². The summed E-state index contributed by atoms with van der Waals surface area (Å²) in [6.45, 7) is -0.460. The van der Waals surface area contributed by atoms with Gasteiger partial charge in [0.25, 0.3) is 0 Å². The van der Waals surface area contributed by atoms with E-state index >= 15 is 0 Å². The highest BCUT2D eigenvalue weighted by Gasteiger charge is 2.43. The zero-order valence-electron chi connectivity index (χ0n) is 9.98. The zero-order valence-corrected chi connectivity index (χ0v) is 10.7. The van der Waals surface area contributed by atoms with Gasteiger partial charge in [-0.15, -0.1) is 0 Å². The molecule has 0 aromatic heterocycles. The van der Waals surface area contributed by atoms with Crippen LogP contribution in [0, 0.1) is 0 Å². The Kier molecular flexibility index (Phi) is 4.62. The molecule has 6 nitrogen and oxygen atoms in total. The summed E-state index contributed by atoms with van der Waals surface area (Å²) in [5.74, 6) is 0. The van der Waals surface area contributed by atoms with E-state index in [4.69, 9.17) is 21.4 Å². The molecule has 1 saturated heterocycles. The SMILES string of the molecule is OC[C@H]1O[C@@H](O)[C@H](O)[C@H](Nc2cccc(Cl)c2)[C@H]1O. The van der Waals surface area contributed by atoms with E-state index in [-0.39, 0.29) is 0 Å². The summed E-state index contributed by atoms with van der Waals surface area (Å²) >= 11 is 5.84. The number of hydrogen-bond acceptors (Lipinski definition) is 6. The molecule has 0 aliphatic carbocycles. The van der Waals surface area contributed by atoms with Crippen LogP contribution in [0.1, 0.15) is 0 Å². The molecule has 1 aliphatic rings. The average Bonchev–Trinajstić information content (AvgIpc) is 2.39. The molecule has 0 unspecified atom stereocenters. The molecule has 1 aromatic carbocycles. The smallest absolute Gasteiger partial charge is 0.183 e. The van der Waals surface area contributed by atoms with E-state index in [1.165, 1.54) is 0 Å². The Morgan fingerprint density at radius 2 is 1.95 bits per heavy atom. The molecule has 7 heteroatoms. The molecule has 1 aliphatic heterocycles. The molecular formula is C12H16ClNO5. The average molecular weight is 290 g/mol.